The number of nitrogens with zero attached hydrogens (tertiary/aromatic N) is 1. The largest absolute Gasteiger partial charge is 0.310 e. The fourth-order valence-electron chi connectivity index (χ4n) is 2.41. The molecule has 1 heterocycles. The van der Waals surface area contributed by atoms with Crippen molar-refractivity contribution < 1.29 is 4.39 Å². The molecule has 1 aromatic heterocycles. The van der Waals surface area contributed by atoms with Gasteiger partial charge in [-0.15, -0.1) is 0 Å². The van der Waals surface area contributed by atoms with Crippen molar-refractivity contribution >= 4 is 15.9 Å². The summed E-state index contributed by atoms with van der Waals surface area (Å²) in [5, 5.41) is 3.55. The zero-order valence-electron chi connectivity index (χ0n) is 12.4. The van der Waals surface area contributed by atoms with E-state index in [9.17, 15) is 4.39 Å². The number of benzene rings is 1. The van der Waals surface area contributed by atoms with Crippen LogP contribution in [0.25, 0.3) is 0 Å². The minimum absolute atomic E-state index is 0.158. The average molecular weight is 351 g/mol. The van der Waals surface area contributed by atoms with Crippen LogP contribution in [0.5, 0.6) is 0 Å². The summed E-state index contributed by atoms with van der Waals surface area (Å²) >= 11 is 3.35. The molecule has 1 aromatic carbocycles. The Morgan fingerprint density at radius 3 is 2.86 bits per heavy atom. The number of pyridine rings is 1. The van der Waals surface area contributed by atoms with Crippen molar-refractivity contribution in [2.45, 2.75) is 32.7 Å². The van der Waals surface area contributed by atoms with E-state index in [4.69, 9.17) is 0 Å². The quantitative estimate of drug-likeness (QED) is 0.824. The highest BCUT2D eigenvalue weighted by Crippen LogP contribution is 2.27. The molecule has 2 rings (SSSR count). The molecule has 1 atom stereocenters. The summed E-state index contributed by atoms with van der Waals surface area (Å²) < 4.78 is 14.2. The third kappa shape index (κ3) is 4.11. The average Bonchev–Trinajstić information content (AvgIpc) is 2.48. The van der Waals surface area contributed by atoms with Gasteiger partial charge in [0, 0.05) is 18.4 Å². The van der Waals surface area contributed by atoms with Gasteiger partial charge in [0.25, 0.3) is 0 Å². The Kier molecular flexibility index (Phi) is 5.88. The molecule has 0 aliphatic heterocycles. The third-order valence-corrected chi connectivity index (χ3v) is 4.42. The smallest absolute Gasteiger partial charge is 0.137 e. The molecular weight excluding hydrogens is 331 g/mol. The summed E-state index contributed by atoms with van der Waals surface area (Å²) in [6.07, 6.45) is 5.48. The van der Waals surface area contributed by atoms with Crippen LogP contribution in [0.2, 0.25) is 0 Å². The van der Waals surface area contributed by atoms with Gasteiger partial charge in [-0.2, -0.15) is 0 Å². The normalized spacial score (nSPS) is 12.4. The van der Waals surface area contributed by atoms with Crippen LogP contribution >= 0.6 is 15.9 Å². The van der Waals surface area contributed by atoms with Crippen LogP contribution in [0.1, 0.15) is 36.1 Å². The van der Waals surface area contributed by atoms with Gasteiger partial charge in [0.1, 0.15) is 5.82 Å². The number of aryl methyl sites for hydroxylation is 1. The molecule has 0 aliphatic carbocycles. The maximum atomic E-state index is 13.7. The summed E-state index contributed by atoms with van der Waals surface area (Å²) in [4.78, 5) is 4.15. The number of hydrogen-bond acceptors (Lipinski definition) is 2. The first kappa shape index (κ1) is 16.1. The maximum Gasteiger partial charge on any atom is 0.137 e. The highest BCUT2D eigenvalue weighted by molar-refractivity contribution is 9.10. The standard InChI is InChI=1S/C17H20BrFN2/c1-3-8-21-16(14-7-9-20-11-12(14)2)10-13-5-4-6-15(19)17(13)18/h4-7,9,11,16,21H,3,8,10H2,1-2H3. The van der Waals surface area contributed by atoms with E-state index < -0.39 is 0 Å². The Balaban J connectivity index is 2.28. The second-order valence-electron chi connectivity index (χ2n) is 5.16. The van der Waals surface area contributed by atoms with E-state index in [1.165, 1.54) is 11.6 Å². The summed E-state index contributed by atoms with van der Waals surface area (Å²) in [7, 11) is 0. The second-order valence-corrected chi connectivity index (χ2v) is 5.95. The minimum Gasteiger partial charge on any atom is -0.310 e. The zero-order valence-corrected chi connectivity index (χ0v) is 14.0. The molecule has 1 N–H and O–H groups in total. The molecular formula is C17H20BrFN2. The van der Waals surface area contributed by atoms with Crippen molar-refractivity contribution in [1.82, 2.24) is 10.3 Å². The summed E-state index contributed by atoms with van der Waals surface area (Å²) in [5.74, 6) is -0.215. The van der Waals surface area contributed by atoms with Crippen LogP contribution in [-0.4, -0.2) is 11.5 Å². The highest BCUT2D eigenvalue weighted by atomic mass is 79.9. The topological polar surface area (TPSA) is 24.9 Å². The van der Waals surface area contributed by atoms with Crippen LogP contribution in [0.3, 0.4) is 0 Å². The predicted octanol–water partition coefficient (Wildman–Crippen LogP) is 4.58. The highest BCUT2D eigenvalue weighted by Gasteiger charge is 2.16. The Labute approximate surface area is 133 Å². The van der Waals surface area contributed by atoms with Crippen LogP contribution in [0, 0.1) is 12.7 Å². The monoisotopic (exact) mass is 350 g/mol. The lowest BCUT2D eigenvalue weighted by Crippen LogP contribution is -2.25. The summed E-state index contributed by atoms with van der Waals surface area (Å²) in [5.41, 5.74) is 3.34. The molecule has 0 amide bonds. The first-order valence-corrected chi connectivity index (χ1v) is 7.99. The number of halogens is 2. The predicted molar refractivity (Wildman–Crippen MR) is 87.8 cm³/mol. The van der Waals surface area contributed by atoms with Gasteiger partial charge in [0.2, 0.25) is 0 Å². The SMILES string of the molecule is CCCNC(Cc1cccc(F)c1Br)c1ccncc1C. The minimum atomic E-state index is -0.215. The lowest BCUT2D eigenvalue weighted by atomic mass is 9.96. The molecule has 1 unspecified atom stereocenters. The van der Waals surface area contributed by atoms with Crippen molar-refractivity contribution in [3.05, 3.63) is 63.6 Å². The molecule has 0 saturated heterocycles. The van der Waals surface area contributed by atoms with E-state index in [1.54, 1.807) is 6.07 Å². The van der Waals surface area contributed by atoms with Gasteiger partial charge in [-0.25, -0.2) is 4.39 Å². The maximum absolute atomic E-state index is 13.7. The Bertz CT molecular complexity index is 601. The Morgan fingerprint density at radius 2 is 2.14 bits per heavy atom. The second kappa shape index (κ2) is 7.66. The number of hydrogen-bond donors (Lipinski definition) is 1. The van der Waals surface area contributed by atoms with Gasteiger partial charge in [0.05, 0.1) is 4.47 Å². The Hall–Kier alpha value is -1.26. The van der Waals surface area contributed by atoms with E-state index in [0.717, 1.165) is 30.5 Å². The van der Waals surface area contributed by atoms with Crippen molar-refractivity contribution in [1.29, 1.82) is 0 Å². The lowest BCUT2D eigenvalue weighted by molar-refractivity contribution is 0.523. The zero-order chi connectivity index (χ0) is 15.2. The van der Waals surface area contributed by atoms with E-state index in [2.05, 4.69) is 40.1 Å². The lowest BCUT2D eigenvalue weighted by Gasteiger charge is -2.21. The van der Waals surface area contributed by atoms with Crippen molar-refractivity contribution in [3.8, 4) is 0 Å². The van der Waals surface area contributed by atoms with Crippen LogP contribution < -0.4 is 5.32 Å². The third-order valence-electron chi connectivity index (χ3n) is 3.54. The molecule has 4 heteroatoms. The fourth-order valence-corrected chi connectivity index (χ4v) is 2.84. The van der Waals surface area contributed by atoms with E-state index in [1.807, 2.05) is 24.5 Å². The molecule has 2 nitrogen and oxygen atoms in total. The van der Waals surface area contributed by atoms with Gasteiger partial charge >= 0.3 is 0 Å². The summed E-state index contributed by atoms with van der Waals surface area (Å²) in [6.45, 7) is 5.13. The van der Waals surface area contributed by atoms with Gasteiger partial charge in [-0.1, -0.05) is 19.1 Å². The first-order chi connectivity index (χ1) is 10.1. The molecule has 0 fully saturated rings. The van der Waals surface area contributed by atoms with Crippen molar-refractivity contribution in [2.75, 3.05) is 6.54 Å². The van der Waals surface area contributed by atoms with Gasteiger partial charge in [-0.05, 0) is 71.1 Å². The molecule has 0 saturated carbocycles. The fraction of sp³-hybridized carbons (Fsp3) is 0.353. The molecule has 112 valence electrons. The van der Waals surface area contributed by atoms with Gasteiger partial charge < -0.3 is 5.32 Å². The van der Waals surface area contributed by atoms with Crippen molar-refractivity contribution in [2.24, 2.45) is 0 Å². The molecule has 0 bridgehead atoms. The number of nitrogens with one attached hydrogen (secondary N) is 1. The van der Waals surface area contributed by atoms with Crippen molar-refractivity contribution in [3.63, 3.8) is 0 Å². The molecule has 21 heavy (non-hydrogen) atoms. The van der Waals surface area contributed by atoms with Gasteiger partial charge in [-0.3, -0.25) is 4.98 Å². The van der Waals surface area contributed by atoms with E-state index in [0.29, 0.717) is 4.47 Å². The summed E-state index contributed by atoms with van der Waals surface area (Å²) in [6, 6.07) is 7.39. The Morgan fingerprint density at radius 1 is 1.33 bits per heavy atom. The van der Waals surface area contributed by atoms with E-state index >= 15 is 0 Å². The van der Waals surface area contributed by atoms with Crippen LogP contribution in [-0.2, 0) is 6.42 Å². The molecule has 0 radical (unpaired) electrons. The number of aromatic nitrogens is 1. The molecule has 2 aromatic rings. The van der Waals surface area contributed by atoms with Gasteiger partial charge in [0.15, 0.2) is 0 Å². The van der Waals surface area contributed by atoms with Crippen LogP contribution in [0.4, 0.5) is 4.39 Å². The first-order valence-electron chi connectivity index (χ1n) is 7.20. The number of rotatable bonds is 6. The van der Waals surface area contributed by atoms with E-state index in [-0.39, 0.29) is 11.9 Å². The molecule has 0 spiro atoms. The van der Waals surface area contributed by atoms with Crippen LogP contribution in [0.15, 0.2) is 41.1 Å². The molecule has 0 aliphatic rings.